The van der Waals surface area contributed by atoms with E-state index in [4.69, 9.17) is 0 Å². The topological polar surface area (TPSA) is 20.3 Å². The minimum Gasteiger partial charge on any atom is -0.339 e. The third-order valence-electron chi connectivity index (χ3n) is 0.352. The lowest BCUT2D eigenvalue weighted by atomic mass is 11.3. The van der Waals surface area contributed by atoms with Gasteiger partial charge in [0.15, 0.2) is 0 Å². The van der Waals surface area contributed by atoms with Gasteiger partial charge in [0.2, 0.25) is 0 Å². The van der Waals surface area contributed by atoms with Crippen LogP contribution in [-0.4, -0.2) is 23.8 Å². The molecule has 0 aliphatic carbocycles. The second kappa shape index (κ2) is 2.18. The van der Waals surface area contributed by atoms with Crippen molar-refractivity contribution in [2.45, 2.75) is 0 Å². The molecule has 3 heteroatoms. The van der Waals surface area contributed by atoms with Crippen LogP contribution in [0.4, 0.5) is 4.79 Å². The van der Waals surface area contributed by atoms with Gasteiger partial charge < -0.3 is 4.90 Å². The Kier molecular flexibility index (Phi) is 2.16. The molecule has 0 aromatic carbocycles. The van der Waals surface area contributed by atoms with Gasteiger partial charge in [-0.15, -0.1) is 0 Å². The predicted molar refractivity (Wildman–Crippen MR) is 28.0 cm³/mol. The summed E-state index contributed by atoms with van der Waals surface area (Å²) in [7, 11) is 3.36. The van der Waals surface area contributed by atoms with Crippen molar-refractivity contribution in [1.82, 2.24) is 4.90 Å². The summed E-state index contributed by atoms with van der Waals surface area (Å²) < 4.78 is 0. The first kappa shape index (κ1) is 5.95. The molecule has 2 nitrogen and oxygen atoms in total. The normalized spacial score (nSPS) is 7.83. The molecule has 0 spiro atoms. The highest BCUT2D eigenvalue weighted by atomic mass is 79.9. The number of hydrogen-bond donors (Lipinski definition) is 0. The van der Waals surface area contributed by atoms with Crippen molar-refractivity contribution in [3.8, 4) is 0 Å². The molecule has 0 bridgehead atoms. The standard InChI is InChI=1S/C3H6BrNO/c1-5(2)3(4)6/h1-2H3/i1+1,2+1. The van der Waals surface area contributed by atoms with Crippen LogP contribution in [0.3, 0.4) is 0 Å². The van der Waals surface area contributed by atoms with Crippen LogP contribution in [0.2, 0.25) is 0 Å². The highest BCUT2D eigenvalue weighted by molar-refractivity contribution is 9.18. The molecule has 0 saturated carbocycles. The van der Waals surface area contributed by atoms with Crippen LogP contribution < -0.4 is 0 Å². The highest BCUT2D eigenvalue weighted by Gasteiger charge is 1.90. The molecule has 0 aliphatic rings. The van der Waals surface area contributed by atoms with Crippen LogP contribution >= 0.6 is 15.9 Å². The average molecular weight is 154 g/mol. The van der Waals surface area contributed by atoms with Gasteiger partial charge in [-0.25, -0.2) is 0 Å². The molecule has 0 radical (unpaired) electrons. The van der Waals surface area contributed by atoms with Crippen LogP contribution in [0.1, 0.15) is 0 Å². The highest BCUT2D eigenvalue weighted by Crippen LogP contribution is 1.87. The SMILES string of the molecule is [13CH3]N([13CH3])C(=O)Br. The van der Waals surface area contributed by atoms with Gasteiger partial charge in [0.25, 0.3) is 4.82 Å². The van der Waals surface area contributed by atoms with Crippen molar-refractivity contribution < 1.29 is 4.79 Å². The van der Waals surface area contributed by atoms with Gasteiger partial charge in [0.05, 0.1) is 0 Å². The van der Waals surface area contributed by atoms with E-state index >= 15 is 0 Å². The van der Waals surface area contributed by atoms with Crippen LogP contribution in [0.25, 0.3) is 0 Å². The number of rotatable bonds is 0. The molecule has 6 heavy (non-hydrogen) atoms. The molecule has 0 atom stereocenters. The van der Waals surface area contributed by atoms with Crippen LogP contribution in [0.15, 0.2) is 0 Å². The van der Waals surface area contributed by atoms with Gasteiger partial charge in [0.1, 0.15) is 0 Å². The lowest BCUT2D eigenvalue weighted by molar-refractivity contribution is 0.242. The Balaban J connectivity index is 3.26. The maximum Gasteiger partial charge on any atom is 0.289 e. The molecule has 0 aromatic heterocycles. The summed E-state index contributed by atoms with van der Waals surface area (Å²) in [6.45, 7) is 0. The maximum absolute atomic E-state index is 9.99. The summed E-state index contributed by atoms with van der Waals surface area (Å²) in [5, 5.41) is 0. The third-order valence-corrected chi connectivity index (χ3v) is 1.06. The number of nitrogens with zero attached hydrogens (tertiary/aromatic N) is 1. The molecule has 0 saturated heterocycles. The number of carbonyl (C=O) groups excluding carboxylic acids is 1. The zero-order chi connectivity index (χ0) is 5.15. The molecule has 0 rings (SSSR count). The van der Waals surface area contributed by atoms with E-state index in [1.54, 1.807) is 14.1 Å². The molecule has 0 aliphatic heterocycles. The molecular weight excluding hydrogens is 148 g/mol. The minimum atomic E-state index is -0.0949. The number of amides is 1. The van der Waals surface area contributed by atoms with Gasteiger partial charge in [-0.3, -0.25) is 4.79 Å². The Bertz CT molecular complexity index is 61.8. The smallest absolute Gasteiger partial charge is 0.289 e. The summed E-state index contributed by atoms with van der Waals surface area (Å²) in [6.07, 6.45) is 0. The summed E-state index contributed by atoms with van der Waals surface area (Å²) >= 11 is 2.73. The molecule has 0 heterocycles. The molecule has 0 aromatic rings. The number of hydrogen-bond acceptors (Lipinski definition) is 1. The zero-order valence-corrected chi connectivity index (χ0v) is 5.32. The van der Waals surface area contributed by atoms with Gasteiger partial charge in [0, 0.05) is 30.0 Å². The van der Waals surface area contributed by atoms with Gasteiger partial charge in [-0.1, -0.05) is 0 Å². The first-order valence-corrected chi connectivity index (χ1v) is 2.30. The number of halogens is 1. The molecule has 1 amide bonds. The van der Waals surface area contributed by atoms with E-state index in [0.717, 1.165) is 0 Å². The number of carbonyl (C=O) groups is 1. The minimum absolute atomic E-state index is 0.0949. The monoisotopic (exact) mass is 153 g/mol. The van der Waals surface area contributed by atoms with Gasteiger partial charge in [-0.2, -0.15) is 0 Å². The fourth-order valence-electron chi connectivity index (χ4n) is 0. The fourth-order valence-corrected chi connectivity index (χ4v) is 0. The van der Waals surface area contributed by atoms with E-state index in [-0.39, 0.29) is 4.82 Å². The molecule has 0 unspecified atom stereocenters. The van der Waals surface area contributed by atoms with E-state index in [0.29, 0.717) is 0 Å². The third kappa shape index (κ3) is 2.20. The summed E-state index contributed by atoms with van der Waals surface area (Å²) in [6, 6.07) is 0. The van der Waals surface area contributed by atoms with Crippen LogP contribution in [0.5, 0.6) is 0 Å². The Morgan fingerprint density at radius 3 is 1.83 bits per heavy atom. The first-order valence-electron chi connectivity index (χ1n) is 1.51. The van der Waals surface area contributed by atoms with E-state index < -0.39 is 0 Å². The summed E-state index contributed by atoms with van der Waals surface area (Å²) in [5.74, 6) is 0. The van der Waals surface area contributed by atoms with Crippen molar-refractivity contribution >= 4 is 20.7 Å². The van der Waals surface area contributed by atoms with E-state index in [1.807, 2.05) is 0 Å². The molecule has 36 valence electrons. The van der Waals surface area contributed by atoms with Crippen LogP contribution in [0, 0.1) is 0 Å². The van der Waals surface area contributed by atoms with E-state index in [1.165, 1.54) is 4.90 Å². The lowest BCUT2D eigenvalue weighted by Gasteiger charge is -2.00. The summed E-state index contributed by atoms with van der Waals surface area (Å²) in [4.78, 5) is 11.3. The van der Waals surface area contributed by atoms with E-state index in [2.05, 4.69) is 15.9 Å². The van der Waals surface area contributed by atoms with Crippen molar-refractivity contribution in [3.05, 3.63) is 0 Å². The van der Waals surface area contributed by atoms with E-state index in [9.17, 15) is 4.79 Å². The molecule has 0 fully saturated rings. The van der Waals surface area contributed by atoms with Crippen LogP contribution in [-0.2, 0) is 0 Å². The zero-order valence-electron chi connectivity index (χ0n) is 3.73. The first-order chi connectivity index (χ1) is 2.64. The Hall–Kier alpha value is -0.0500. The molecule has 0 N–H and O–H groups in total. The van der Waals surface area contributed by atoms with Gasteiger partial charge >= 0.3 is 0 Å². The van der Waals surface area contributed by atoms with Crippen molar-refractivity contribution in [2.24, 2.45) is 0 Å². The summed E-state index contributed by atoms with van der Waals surface area (Å²) in [5.41, 5.74) is 0. The quantitative estimate of drug-likeness (QED) is 0.290. The Morgan fingerprint density at radius 1 is 1.67 bits per heavy atom. The maximum atomic E-state index is 9.99. The largest absolute Gasteiger partial charge is 0.339 e. The fraction of sp³-hybridized carbons (Fsp3) is 0.667. The predicted octanol–water partition coefficient (Wildman–Crippen LogP) is 1.06. The van der Waals surface area contributed by atoms with Crippen molar-refractivity contribution in [2.75, 3.05) is 14.1 Å². The Labute approximate surface area is 45.3 Å². The second-order valence-electron chi connectivity index (χ2n) is 1.15. The van der Waals surface area contributed by atoms with Crippen molar-refractivity contribution in [1.29, 1.82) is 0 Å². The van der Waals surface area contributed by atoms with Gasteiger partial charge in [-0.05, 0) is 0 Å². The van der Waals surface area contributed by atoms with Crippen molar-refractivity contribution in [3.63, 3.8) is 0 Å². The molecular formula is C3H6BrNO. The Morgan fingerprint density at radius 2 is 1.83 bits per heavy atom. The lowest BCUT2D eigenvalue weighted by Crippen LogP contribution is -2.12. The second-order valence-corrected chi connectivity index (χ2v) is 1.83. The average Bonchev–Trinajstić information content (AvgIpc) is 1.36.